The van der Waals surface area contributed by atoms with Crippen molar-refractivity contribution in [3.8, 4) is 0 Å². The number of hydrogen-bond acceptors (Lipinski definition) is 6. The number of amides is 1. The van der Waals surface area contributed by atoms with Crippen LogP contribution in [-0.4, -0.2) is 43.0 Å². The fourth-order valence-electron chi connectivity index (χ4n) is 2.98. The predicted octanol–water partition coefficient (Wildman–Crippen LogP) is 2.63. The van der Waals surface area contributed by atoms with Crippen LogP contribution in [-0.2, 0) is 37.3 Å². The van der Waals surface area contributed by atoms with Gasteiger partial charge in [-0.05, 0) is 48.4 Å². The van der Waals surface area contributed by atoms with Crippen LogP contribution < -0.4 is 10.0 Å². The van der Waals surface area contributed by atoms with E-state index in [4.69, 9.17) is 11.6 Å². The zero-order chi connectivity index (χ0) is 23.8. The van der Waals surface area contributed by atoms with Gasteiger partial charge >= 0.3 is 5.97 Å². The van der Waals surface area contributed by atoms with Gasteiger partial charge in [0, 0.05) is 36.1 Å². The summed E-state index contributed by atoms with van der Waals surface area (Å²) in [5.74, 6) is -0.841. The Balaban J connectivity index is 1.73. The van der Waals surface area contributed by atoms with Gasteiger partial charge in [0.25, 0.3) is 0 Å². The summed E-state index contributed by atoms with van der Waals surface area (Å²) in [6, 6.07) is 11.5. The third-order valence-electron chi connectivity index (χ3n) is 4.76. The maximum Gasteiger partial charge on any atom is 0.305 e. The van der Waals surface area contributed by atoms with Crippen LogP contribution in [0.25, 0.3) is 0 Å². The average molecular weight is 491 g/mol. The van der Waals surface area contributed by atoms with E-state index in [1.54, 1.807) is 35.0 Å². The standard InChI is InChI=1S/C22H23ClN4O5S/c1-32-21(28)11-4-16-2-7-18(8-3-16)25-22(29)20(14-27-13-12-24-15-27)26-33(30,31)19-9-5-17(23)6-10-19/h2-3,5-10,12-13,15,20,26H,4,11,14H2,1H3,(H,25,29)/t20-/m0/s1. The number of nitrogens with zero attached hydrogens (tertiary/aromatic N) is 2. The van der Waals surface area contributed by atoms with Crippen LogP contribution in [0.2, 0.25) is 5.02 Å². The largest absolute Gasteiger partial charge is 0.469 e. The molecular formula is C22H23ClN4O5S. The van der Waals surface area contributed by atoms with Crippen molar-refractivity contribution < 1.29 is 22.7 Å². The van der Waals surface area contributed by atoms with E-state index in [9.17, 15) is 18.0 Å². The molecule has 0 unspecified atom stereocenters. The average Bonchev–Trinajstić information content (AvgIpc) is 3.31. The van der Waals surface area contributed by atoms with Gasteiger partial charge in [-0.25, -0.2) is 13.4 Å². The van der Waals surface area contributed by atoms with Crippen molar-refractivity contribution in [2.75, 3.05) is 12.4 Å². The van der Waals surface area contributed by atoms with Gasteiger partial charge in [-0.3, -0.25) is 9.59 Å². The normalized spacial score (nSPS) is 12.2. The lowest BCUT2D eigenvalue weighted by molar-refractivity contribution is -0.140. The molecule has 1 aromatic heterocycles. The Morgan fingerprint density at radius 3 is 2.42 bits per heavy atom. The highest BCUT2D eigenvalue weighted by Crippen LogP contribution is 2.16. The number of aromatic nitrogens is 2. The van der Waals surface area contributed by atoms with Gasteiger partial charge in [0.15, 0.2) is 0 Å². The van der Waals surface area contributed by atoms with Gasteiger partial charge in [0.1, 0.15) is 6.04 Å². The van der Waals surface area contributed by atoms with Gasteiger partial charge in [-0.1, -0.05) is 23.7 Å². The number of rotatable bonds is 10. The predicted molar refractivity (Wildman–Crippen MR) is 123 cm³/mol. The minimum Gasteiger partial charge on any atom is -0.469 e. The van der Waals surface area contributed by atoms with Crippen LogP contribution in [0, 0.1) is 0 Å². The molecule has 2 aromatic carbocycles. The third-order valence-corrected chi connectivity index (χ3v) is 6.50. The Morgan fingerprint density at radius 1 is 1.12 bits per heavy atom. The number of sulfonamides is 1. The first-order chi connectivity index (χ1) is 15.8. The first-order valence-corrected chi connectivity index (χ1v) is 11.8. The maximum absolute atomic E-state index is 13.0. The molecule has 0 saturated carbocycles. The van der Waals surface area contributed by atoms with E-state index in [0.717, 1.165) is 5.56 Å². The zero-order valence-electron chi connectivity index (χ0n) is 17.8. The SMILES string of the molecule is COC(=O)CCc1ccc(NC(=O)[C@H](Cn2ccnc2)NS(=O)(=O)c2ccc(Cl)cc2)cc1. The molecule has 1 heterocycles. The van der Waals surface area contributed by atoms with Crippen molar-refractivity contribution in [1.29, 1.82) is 0 Å². The fraction of sp³-hybridized carbons (Fsp3) is 0.227. The first-order valence-electron chi connectivity index (χ1n) is 9.97. The molecule has 0 aliphatic heterocycles. The quantitative estimate of drug-likeness (QED) is 0.422. The monoisotopic (exact) mass is 490 g/mol. The summed E-state index contributed by atoms with van der Waals surface area (Å²) >= 11 is 5.84. The van der Waals surface area contributed by atoms with Crippen molar-refractivity contribution >= 4 is 39.2 Å². The molecule has 0 radical (unpaired) electrons. The van der Waals surface area contributed by atoms with E-state index in [1.807, 2.05) is 0 Å². The summed E-state index contributed by atoms with van der Waals surface area (Å²) in [6.07, 6.45) is 5.42. The molecule has 0 aliphatic rings. The van der Waals surface area contributed by atoms with E-state index in [0.29, 0.717) is 17.1 Å². The minimum absolute atomic E-state index is 0.00899. The topological polar surface area (TPSA) is 119 Å². The van der Waals surface area contributed by atoms with Gasteiger partial charge < -0.3 is 14.6 Å². The van der Waals surface area contributed by atoms with E-state index in [2.05, 4.69) is 19.8 Å². The number of hydrogen-bond donors (Lipinski definition) is 2. The maximum atomic E-state index is 13.0. The van der Waals surface area contributed by atoms with Crippen molar-refractivity contribution in [2.45, 2.75) is 30.3 Å². The molecule has 0 saturated heterocycles. The van der Waals surface area contributed by atoms with E-state index in [1.165, 1.54) is 43.9 Å². The summed E-state index contributed by atoms with van der Waals surface area (Å²) in [5, 5.41) is 3.13. The number of methoxy groups -OCH3 is 1. The van der Waals surface area contributed by atoms with Crippen molar-refractivity contribution in [3.05, 3.63) is 77.8 Å². The van der Waals surface area contributed by atoms with Gasteiger partial charge in [-0.15, -0.1) is 0 Å². The Labute approximate surface area is 196 Å². The number of carbonyl (C=O) groups is 2. The van der Waals surface area contributed by atoms with Crippen LogP contribution in [0.5, 0.6) is 0 Å². The lowest BCUT2D eigenvalue weighted by Crippen LogP contribution is -2.46. The van der Waals surface area contributed by atoms with Crippen LogP contribution in [0.3, 0.4) is 0 Å². The summed E-state index contributed by atoms with van der Waals surface area (Å²) in [7, 11) is -2.65. The number of aryl methyl sites for hydroxylation is 1. The highest BCUT2D eigenvalue weighted by atomic mass is 35.5. The van der Waals surface area contributed by atoms with Crippen LogP contribution >= 0.6 is 11.6 Å². The van der Waals surface area contributed by atoms with Crippen LogP contribution in [0.4, 0.5) is 5.69 Å². The number of halogens is 1. The van der Waals surface area contributed by atoms with E-state index in [-0.39, 0.29) is 23.8 Å². The number of ether oxygens (including phenoxy) is 1. The molecule has 1 atom stereocenters. The Morgan fingerprint density at radius 2 is 1.82 bits per heavy atom. The molecule has 0 bridgehead atoms. The van der Waals surface area contributed by atoms with Crippen molar-refractivity contribution in [3.63, 3.8) is 0 Å². The Kier molecular flexibility index (Phi) is 8.21. The molecule has 3 rings (SSSR count). The van der Waals surface area contributed by atoms with E-state index < -0.39 is 22.0 Å². The van der Waals surface area contributed by atoms with Crippen molar-refractivity contribution in [2.24, 2.45) is 0 Å². The summed E-state index contributed by atoms with van der Waals surface area (Å²) in [6.45, 7) is 0.0376. The number of benzene rings is 2. The van der Waals surface area contributed by atoms with Crippen LogP contribution in [0.1, 0.15) is 12.0 Å². The third kappa shape index (κ3) is 7.14. The number of anilines is 1. The van der Waals surface area contributed by atoms with E-state index >= 15 is 0 Å². The molecular weight excluding hydrogens is 468 g/mol. The molecule has 33 heavy (non-hydrogen) atoms. The Bertz CT molecular complexity index is 1180. The highest BCUT2D eigenvalue weighted by molar-refractivity contribution is 7.89. The Hall–Kier alpha value is -3.21. The lowest BCUT2D eigenvalue weighted by atomic mass is 10.1. The molecule has 3 aromatic rings. The smallest absolute Gasteiger partial charge is 0.305 e. The molecule has 1 amide bonds. The fourth-order valence-corrected chi connectivity index (χ4v) is 4.29. The number of carbonyl (C=O) groups excluding carboxylic acids is 2. The second-order valence-corrected chi connectivity index (χ2v) is 9.30. The summed E-state index contributed by atoms with van der Waals surface area (Å²) < 4.78 is 34.4. The van der Waals surface area contributed by atoms with Crippen LogP contribution in [0.15, 0.2) is 72.1 Å². The van der Waals surface area contributed by atoms with Gasteiger partial charge in [0.2, 0.25) is 15.9 Å². The van der Waals surface area contributed by atoms with Crippen molar-refractivity contribution in [1.82, 2.24) is 14.3 Å². The molecule has 9 nitrogen and oxygen atoms in total. The van der Waals surface area contributed by atoms with Gasteiger partial charge in [-0.2, -0.15) is 4.72 Å². The van der Waals surface area contributed by atoms with Gasteiger partial charge in [0.05, 0.1) is 18.3 Å². The molecule has 0 spiro atoms. The number of nitrogens with one attached hydrogen (secondary N) is 2. The molecule has 174 valence electrons. The summed E-state index contributed by atoms with van der Waals surface area (Å²) in [5.41, 5.74) is 1.39. The highest BCUT2D eigenvalue weighted by Gasteiger charge is 2.26. The second-order valence-electron chi connectivity index (χ2n) is 7.15. The lowest BCUT2D eigenvalue weighted by Gasteiger charge is -2.19. The molecule has 11 heteroatoms. The summed E-state index contributed by atoms with van der Waals surface area (Å²) in [4.78, 5) is 28.2. The second kappa shape index (κ2) is 11.1. The zero-order valence-corrected chi connectivity index (χ0v) is 19.3. The molecule has 0 fully saturated rings. The number of imidazole rings is 1. The first kappa shape index (κ1) is 24.4. The molecule has 0 aliphatic carbocycles. The minimum atomic E-state index is -3.99. The molecule has 2 N–H and O–H groups in total. The number of esters is 1.